The summed E-state index contributed by atoms with van der Waals surface area (Å²) in [5.74, 6) is 0.486. The van der Waals surface area contributed by atoms with Gasteiger partial charge in [0.25, 0.3) is 0 Å². The Balaban J connectivity index is 2.09. The molecule has 0 aliphatic rings. The summed E-state index contributed by atoms with van der Waals surface area (Å²) < 4.78 is 4.85. The Morgan fingerprint density at radius 2 is 2.21 bits per heavy atom. The maximum atomic E-state index is 11.1. The zero-order valence-corrected chi connectivity index (χ0v) is 10.3. The van der Waals surface area contributed by atoms with Gasteiger partial charge in [0, 0.05) is 20.0 Å². The van der Waals surface area contributed by atoms with Crippen LogP contribution in [0.5, 0.6) is 0 Å². The van der Waals surface area contributed by atoms with Gasteiger partial charge in [-0.2, -0.15) is 4.98 Å². The summed E-state index contributed by atoms with van der Waals surface area (Å²) in [4.78, 5) is 14.5. The normalized spacial score (nSPS) is 10.2. The van der Waals surface area contributed by atoms with Gasteiger partial charge in [-0.15, -0.1) is 0 Å². The average Bonchev–Trinajstić information content (AvgIpc) is 2.91. The Morgan fingerprint density at radius 3 is 2.84 bits per heavy atom. The molecule has 0 bridgehead atoms. The van der Waals surface area contributed by atoms with E-state index in [4.69, 9.17) is 4.52 Å². The van der Waals surface area contributed by atoms with Crippen LogP contribution in [0.4, 0.5) is 17.1 Å². The smallest absolute Gasteiger partial charge is 0.315 e. The molecule has 2 aromatic rings. The predicted molar refractivity (Wildman–Crippen MR) is 69.1 cm³/mol. The van der Waals surface area contributed by atoms with Crippen LogP contribution in [0.3, 0.4) is 0 Å². The highest BCUT2D eigenvalue weighted by Crippen LogP contribution is 2.32. The molecule has 1 aromatic carbocycles. The highest BCUT2D eigenvalue weighted by molar-refractivity contribution is 5.75. The number of nitrogens with one attached hydrogen (secondary N) is 2. The van der Waals surface area contributed by atoms with Gasteiger partial charge in [-0.3, -0.25) is 10.1 Å². The van der Waals surface area contributed by atoms with Crippen molar-refractivity contribution in [2.75, 3.05) is 24.2 Å². The maximum Gasteiger partial charge on any atom is 0.315 e. The number of nitro benzene ring substituents is 1. The van der Waals surface area contributed by atoms with Gasteiger partial charge in [-0.05, 0) is 12.1 Å². The fraction of sp³-hybridized carbons (Fsp3) is 0.273. The molecular weight excluding hydrogens is 250 g/mol. The zero-order chi connectivity index (χ0) is 13.7. The molecule has 0 saturated heterocycles. The third-order valence-electron chi connectivity index (χ3n) is 2.55. The maximum absolute atomic E-state index is 11.1. The lowest BCUT2D eigenvalue weighted by Crippen LogP contribution is -2.08. The number of para-hydroxylation sites is 1. The Morgan fingerprint density at radius 1 is 1.42 bits per heavy atom. The quantitative estimate of drug-likeness (QED) is 0.603. The summed E-state index contributed by atoms with van der Waals surface area (Å²) >= 11 is 0. The molecule has 1 heterocycles. The first-order valence-corrected chi connectivity index (χ1v) is 5.67. The SMILES string of the molecule is CNc1cccc(NCCc2ncno2)c1[N+](=O)[O-]. The van der Waals surface area contributed by atoms with E-state index in [0.717, 1.165) is 0 Å². The fourth-order valence-electron chi connectivity index (χ4n) is 1.69. The molecule has 0 unspecified atom stereocenters. The summed E-state index contributed by atoms with van der Waals surface area (Å²) in [6.45, 7) is 0.468. The van der Waals surface area contributed by atoms with E-state index in [2.05, 4.69) is 20.8 Å². The van der Waals surface area contributed by atoms with Gasteiger partial charge >= 0.3 is 5.69 Å². The van der Waals surface area contributed by atoms with Crippen molar-refractivity contribution in [3.8, 4) is 0 Å². The second kappa shape index (κ2) is 5.80. The first kappa shape index (κ1) is 12.8. The molecule has 0 amide bonds. The van der Waals surface area contributed by atoms with E-state index < -0.39 is 4.92 Å². The minimum atomic E-state index is -0.416. The third kappa shape index (κ3) is 2.97. The van der Waals surface area contributed by atoms with Crippen molar-refractivity contribution >= 4 is 17.1 Å². The number of aromatic nitrogens is 2. The Kier molecular flexibility index (Phi) is 3.91. The summed E-state index contributed by atoms with van der Waals surface area (Å²) in [7, 11) is 1.64. The predicted octanol–water partition coefficient (Wildman–Crippen LogP) is 1.67. The van der Waals surface area contributed by atoms with E-state index in [-0.39, 0.29) is 5.69 Å². The molecule has 0 fully saturated rings. The van der Waals surface area contributed by atoms with Crippen LogP contribution >= 0.6 is 0 Å². The Bertz CT molecular complexity index is 555. The average molecular weight is 263 g/mol. The van der Waals surface area contributed by atoms with E-state index in [1.54, 1.807) is 25.2 Å². The van der Waals surface area contributed by atoms with Gasteiger partial charge in [0.2, 0.25) is 5.89 Å². The third-order valence-corrected chi connectivity index (χ3v) is 2.55. The molecule has 8 nitrogen and oxygen atoms in total. The molecule has 0 atom stereocenters. The van der Waals surface area contributed by atoms with Crippen molar-refractivity contribution in [2.24, 2.45) is 0 Å². The standard InChI is InChI=1S/C11H13N5O3/c1-12-8-3-2-4-9(11(8)16(17)18)13-6-5-10-14-7-15-19-10/h2-4,7,12-13H,5-6H2,1H3. The minimum absolute atomic E-state index is 0.0236. The van der Waals surface area contributed by atoms with Gasteiger partial charge in [0.15, 0.2) is 6.33 Å². The van der Waals surface area contributed by atoms with Gasteiger partial charge < -0.3 is 15.2 Å². The van der Waals surface area contributed by atoms with Gasteiger partial charge in [-0.25, -0.2) is 0 Å². The molecule has 0 aliphatic carbocycles. The Hall–Kier alpha value is -2.64. The van der Waals surface area contributed by atoms with Crippen LogP contribution in [0.25, 0.3) is 0 Å². The number of hydrogen-bond acceptors (Lipinski definition) is 7. The fourth-order valence-corrected chi connectivity index (χ4v) is 1.69. The first-order chi connectivity index (χ1) is 9.22. The molecule has 0 radical (unpaired) electrons. The number of benzene rings is 1. The second-order valence-electron chi connectivity index (χ2n) is 3.72. The highest BCUT2D eigenvalue weighted by Gasteiger charge is 2.18. The number of nitrogens with zero attached hydrogens (tertiary/aromatic N) is 3. The molecule has 0 spiro atoms. The molecule has 0 saturated carbocycles. The zero-order valence-electron chi connectivity index (χ0n) is 10.3. The van der Waals surface area contributed by atoms with Gasteiger partial charge in [-0.1, -0.05) is 11.2 Å². The number of anilines is 2. The lowest BCUT2D eigenvalue weighted by atomic mass is 10.2. The molecular formula is C11H13N5O3. The van der Waals surface area contributed by atoms with Crippen LogP contribution in [-0.4, -0.2) is 28.7 Å². The Labute approximate surface area is 109 Å². The summed E-state index contributed by atoms with van der Waals surface area (Å²) in [5, 5.41) is 20.4. The topological polar surface area (TPSA) is 106 Å². The monoisotopic (exact) mass is 263 g/mol. The van der Waals surface area contributed by atoms with E-state index in [1.165, 1.54) is 6.33 Å². The lowest BCUT2D eigenvalue weighted by Gasteiger charge is -2.08. The van der Waals surface area contributed by atoms with Crippen LogP contribution < -0.4 is 10.6 Å². The largest absolute Gasteiger partial charge is 0.382 e. The number of nitro groups is 1. The van der Waals surface area contributed by atoms with E-state index >= 15 is 0 Å². The van der Waals surface area contributed by atoms with Crippen molar-refractivity contribution in [3.05, 3.63) is 40.5 Å². The van der Waals surface area contributed by atoms with Crippen LogP contribution in [-0.2, 0) is 6.42 Å². The second-order valence-corrected chi connectivity index (χ2v) is 3.72. The van der Waals surface area contributed by atoms with Crippen molar-refractivity contribution < 1.29 is 9.45 Å². The van der Waals surface area contributed by atoms with Crippen molar-refractivity contribution in [1.82, 2.24) is 10.1 Å². The summed E-state index contributed by atoms with van der Waals surface area (Å²) in [6.07, 6.45) is 1.82. The van der Waals surface area contributed by atoms with Crippen LogP contribution in [0.1, 0.15) is 5.89 Å². The van der Waals surface area contributed by atoms with E-state index in [0.29, 0.717) is 30.2 Å². The molecule has 2 rings (SSSR count). The van der Waals surface area contributed by atoms with Gasteiger partial charge in [0.05, 0.1) is 4.92 Å². The molecule has 19 heavy (non-hydrogen) atoms. The highest BCUT2D eigenvalue weighted by atomic mass is 16.6. The van der Waals surface area contributed by atoms with Crippen molar-refractivity contribution in [2.45, 2.75) is 6.42 Å². The van der Waals surface area contributed by atoms with E-state index in [1.807, 2.05) is 0 Å². The van der Waals surface area contributed by atoms with Crippen molar-refractivity contribution in [3.63, 3.8) is 0 Å². The molecule has 1 aromatic heterocycles. The number of hydrogen-bond donors (Lipinski definition) is 2. The van der Waals surface area contributed by atoms with Crippen LogP contribution in [0.15, 0.2) is 29.0 Å². The molecule has 2 N–H and O–H groups in total. The lowest BCUT2D eigenvalue weighted by molar-refractivity contribution is -0.383. The van der Waals surface area contributed by atoms with E-state index in [9.17, 15) is 10.1 Å². The van der Waals surface area contributed by atoms with Crippen LogP contribution in [0, 0.1) is 10.1 Å². The molecule has 100 valence electrons. The first-order valence-electron chi connectivity index (χ1n) is 5.67. The summed E-state index contributed by atoms with van der Waals surface area (Å²) in [6, 6.07) is 5.06. The van der Waals surface area contributed by atoms with Crippen LogP contribution in [0.2, 0.25) is 0 Å². The minimum Gasteiger partial charge on any atom is -0.382 e. The molecule has 0 aliphatic heterocycles. The van der Waals surface area contributed by atoms with Gasteiger partial charge in [0.1, 0.15) is 11.4 Å². The van der Waals surface area contributed by atoms with Crippen molar-refractivity contribution in [1.29, 1.82) is 0 Å². The molecule has 8 heteroatoms. The number of rotatable bonds is 6. The summed E-state index contributed by atoms with van der Waals surface area (Å²) in [5.41, 5.74) is 0.944.